The Hall–Kier alpha value is -5.58. The van der Waals surface area contributed by atoms with Gasteiger partial charge >= 0.3 is 0 Å². The van der Waals surface area contributed by atoms with E-state index >= 15 is 0 Å². The van der Waals surface area contributed by atoms with Crippen LogP contribution in [-0.4, -0.2) is 17.0 Å². The van der Waals surface area contributed by atoms with Crippen LogP contribution in [-0.2, 0) is 21.7 Å². The van der Waals surface area contributed by atoms with Crippen molar-refractivity contribution in [3.63, 3.8) is 0 Å². The van der Waals surface area contributed by atoms with Gasteiger partial charge in [-0.1, -0.05) is 185 Å². The zero-order valence-corrected chi connectivity index (χ0v) is 41.3. The molecular formula is C58H63BN2Si. The van der Waals surface area contributed by atoms with Crippen molar-refractivity contribution in [2.75, 3.05) is 9.80 Å². The molecule has 0 bridgehead atoms. The molecule has 0 aromatic heterocycles. The van der Waals surface area contributed by atoms with Gasteiger partial charge in [0.15, 0.2) is 0 Å². The van der Waals surface area contributed by atoms with Gasteiger partial charge in [0.2, 0.25) is 0 Å². The van der Waals surface area contributed by atoms with Crippen LogP contribution < -0.4 is 31.4 Å². The number of hydrogen-bond acceptors (Lipinski definition) is 2. The van der Waals surface area contributed by atoms with E-state index in [2.05, 4.69) is 238 Å². The van der Waals surface area contributed by atoms with Crippen LogP contribution in [0.3, 0.4) is 0 Å². The van der Waals surface area contributed by atoms with Gasteiger partial charge in [-0.2, -0.15) is 0 Å². The monoisotopic (exact) mass is 826 g/mol. The summed E-state index contributed by atoms with van der Waals surface area (Å²) in [6, 6.07) is 56.2. The molecule has 2 aliphatic heterocycles. The molecule has 2 nitrogen and oxygen atoms in total. The van der Waals surface area contributed by atoms with E-state index in [1.807, 2.05) is 0 Å². The fourth-order valence-corrected chi connectivity index (χ4v) is 10.2. The summed E-state index contributed by atoms with van der Waals surface area (Å²) in [4.78, 5) is 5.27. The summed E-state index contributed by atoms with van der Waals surface area (Å²) < 4.78 is 0. The number of anilines is 6. The first-order valence-corrected chi connectivity index (χ1v) is 23.6. The molecule has 4 heteroatoms. The minimum Gasteiger partial charge on any atom is -0.311 e. The molecule has 0 amide bonds. The predicted molar refractivity (Wildman–Crippen MR) is 276 cm³/mol. The van der Waals surface area contributed by atoms with Crippen molar-refractivity contribution in [2.45, 2.75) is 105 Å². The van der Waals surface area contributed by atoms with Crippen molar-refractivity contribution in [3.05, 3.63) is 168 Å². The summed E-state index contributed by atoms with van der Waals surface area (Å²) >= 11 is 0. The zero-order chi connectivity index (χ0) is 44.1. The normalized spacial score (nSPS) is 13.8. The largest absolute Gasteiger partial charge is 0.311 e. The average molecular weight is 827 g/mol. The number of nitrogens with zero attached hydrogens (tertiary/aromatic N) is 2. The molecule has 0 saturated carbocycles. The van der Waals surface area contributed by atoms with Crippen LogP contribution in [0, 0.1) is 0 Å². The number of hydrogen-bond donors (Lipinski definition) is 0. The highest BCUT2D eigenvalue weighted by atomic mass is 28.1. The van der Waals surface area contributed by atoms with Crippen molar-refractivity contribution < 1.29 is 0 Å². The number of benzene rings is 7. The van der Waals surface area contributed by atoms with Crippen molar-refractivity contribution in [1.82, 2.24) is 0 Å². The third kappa shape index (κ3) is 7.34. The molecule has 9 rings (SSSR count). The SMILES string of the molecule is CC(C)(C)c1cc(N2c3ccc(C(C)(C)C)cc3B3c4cc([SiH3])ccc4N(c4ccc(-c5ccccc5)cc4C(C)(C)C)c4cc(-c5ccccc5)cc2c43)cc(C(C)(C)C)c1. The molecule has 0 fully saturated rings. The molecule has 62 heavy (non-hydrogen) atoms. The Morgan fingerprint density at radius 3 is 1.44 bits per heavy atom. The van der Waals surface area contributed by atoms with E-state index in [1.54, 1.807) is 0 Å². The lowest BCUT2D eigenvalue weighted by atomic mass is 9.33. The second-order valence-electron chi connectivity index (χ2n) is 22.1. The summed E-state index contributed by atoms with van der Waals surface area (Å²) in [6.07, 6.45) is 0. The zero-order valence-electron chi connectivity index (χ0n) is 39.3. The van der Waals surface area contributed by atoms with Gasteiger partial charge in [0.05, 0.1) is 0 Å². The highest BCUT2D eigenvalue weighted by Gasteiger charge is 2.45. The molecule has 2 heterocycles. The summed E-state index contributed by atoms with van der Waals surface area (Å²) in [5.74, 6) is 0. The molecule has 7 aromatic carbocycles. The Morgan fingerprint density at radius 2 is 0.871 bits per heavy atom. The number of fused-ring (bicyclic) bond motifs is 4. The van der Waals surface area contributed by atoms with Crippen LogP contribution in [0.15, 0.2) is 146 Å². The van der Waals surface area contributed by atoms with E-state index in [4.69, 9.17) is 0 Å². The molecule has 0 atom stereocenters. The highest BCUT2D eigenvalue weighted by molar-refractivity contribution is 7.00. The van der Waals surface area contributed by atoms with E-state index in [1.165, 1.54) is 100 Å². The van der Waals surface area contributed by atoms with Gasteiger partial charge in [0.1, 0.15) is 0 Å². The Kier molecular flexibility index (Phi) is 9.95. The molecule has 0 unspecified atom stereocenters. The molecule has 0 aliphatic carbocycles. The molecule has 2 aliphatic rings. The Morgan fingerprint density at radius 1 is 0.371 bits per heavy atom. The Bertz CT molecular complexity index is 2820. The molecule has 0 spiro atoms. The minimum atomic E-state index is -0.136. The van der Waals surface area contributed by atoms with E-state index in [-0.39, 0.29) is 28.4 Å². The first kappa shape index (κ1) is 41.8. The molecule has 312 valence electrons. The van der Waals surface area contributed by atoms with Crippen molar-refractivity contribution in [2.24, 2.45) is 0 Å². The maximum Gasteiger partial charge on any atom is 0.252 e. The van der Waals surface area contributed by atoms with Crippen molar-refractivity contribution in [3.8, 4) is 22.3 Å². The lowest BCUT2D eigenvalue weighted by Gasteiger charge is -2.46. The summed E-state index contributed by atoms with van der Waals surface area (Å²) in [7, 11) is 0.971. The average Bonchev–Trinajstić information content (AvgIpc) is 3.22. The fraction of sp³-hybridized carbons (Fsp3) is 0.276. The van der Waals surface area contributed by atoms with Gasteiger partial charge in [0.25, 0.3) is 6.71 Å². The van der Waals surface area contributed by atoms with Gasteiger partial charge in [-0.3, -0.25) is 0 Å². The van der Waals surface area contributed by atoms with Crippen LogP contribution in [0.5, 0.6) is 0 Å². The Labute approximate surface area is 375 Å². The first-order valence-electron chi connectivity index (χ1n) is 22.6. The fourth-order valence-electron chi connectivity index (χ4n) is 9.67. The van der Waals surface area contributed by atoms with E-state index in [9.17, 15) is 0 Å². The van der Waals surface area contributed by atoms with Crippen LogP contribution in [0.25, 0.3) is 22.3 Å². The maximum absolute atomic E-state index is 2.64. The van der Waals surface area contributed by atoms with E-state index < -0.39 is 0 Å². The predicted octanol–water partition coefficient (Wildman–Crippen LogP) is 12.3. The lowest BCUT2D eigenvalue weighted by Crippen LogP contribution is -2.62. The quantitative estimate of drug-likeness (QED) is 0.163. The second-order valence-corrected chi connectivity index (χ2v) is 23.3. The summed E-state index contributed by atoms with van der Waals surface area (Å²) in [6.45, 7) is 28.3. The second kappa shape index (κ2) is 14.8. The van der Waals surface area contributed by atoms with Crippen LogP contribution in [0.1, 0.15) is 105 Å². The van der Waals surface area contributed by atoms with Crippen LogP contribution in [0.4, 0.5) is 34.1 Å². The molecule has 0 radical (unpaired) electrons. The van der Waals surface area contributed by atoms with E-state index in [0.717, 1.165) is 10.2 Å². The van der Waals surface area contributed by atoms with Crippen molar-refractivity contribution in [1.29, 1.82) is 0 Å². The van der Waals surface area contributed by atoms with Gasteiger partial charge < -0.3 is 9.80 Å². The van der Waals surface area contributed by atoms with Crippen LogP contribution in [0.2, 0.25) is 0 Å². The molecular weight excluding hydrogens is 764 g/mol. The van der Waals surface area contributed by atoms with Crippen LogP contribution >= 0.6 is 0 Å². The molecule has 7 aromatic rings. The summed E-state index contributed by atoms with van der Waals surface area (Å²) in [5, 5.41) is 1.41. The third-order valence-electron chi connectivity index (χ3n) is 13.3. The standard InChI is InChI=1S/C58H63BN2Si/c1-55(2,3)41-24-27-50-47(35-41)59-48-36-45(62)25-28-51(48)61(49-26-23-39(29-46(49)58(10,11)12)37-19-15-13-16-20-37)53-31-40(38-21-17-14-18-22-38)30-52(54(53)59)60(50)44-33-42(56(4,5)6)32-43(34-44)57(7,8)9/h13-36H,1-12,62H3. The van der Waals surface area contributed by atoms with Gasteiger partial charge in [-0.25, -0.2) is 0 Å². The van der Waals surface area contributed by atoms with Gasteiger partial charge in [-0.15, -0.1) is 0 Å². The Balaban J connectivity index is 1.44. The lowest BCUT2D eigenvalue weighted by molar-refractivity contribution is 0.568. The van der Waals surface area contributed by atoms with E-state index in [0.29, 0.717) is 0 Å². The van der Waals surface area contributed by atoms with Gasteiger partial charge in [-0.05, 0) is 131 Å². The topological polar surface area (TPSA) is 6.48 Å². The minimum absolute atomic E-state index is 0.0170. The van der Waals surface area contributed by atoms with Gasteiger partial charge in [0, 0.05) is 44.4 Å². The third-order valence-corrected chi connectivity index (χ3v) is 13.9. The molecule has 0 N–H and O–H groups in total. The maximum atomic E-state index is 2.64. The first-order chi connectivity index (χ1) is 29.2. The number of rotatable bonds is 4. The molecule has 0 saturated heterocycles. The summed E-state index contributed by atoms with van der Waals surface area (Å²) in [5.41, 5.74) is 21.7. The highest BCUT2D eigenvalue weighted by Crippen LogP contribution is 2.49. The smallest absolute Gasteiger partial charge is 0.252 e. The van der Waals surface area contributed by atoms with Crippen molar-refractivity contribution >= 4 is 72.7 Å².